The molecule has 2 aromatic rings. The number of anilines is 1. The molecule has 1 atom stereocenters. The first-order valence-electron chi connectivity index (χ1n) is 10.2. The highest BCUT2D eigenvalue weighted by atomic mass is 32.2. The highest BCUT2D eigenvalue weighted by Gasteiger charge is 2.32. The van der Waals surface area contributed by atoms with Crippen molar-refractivity contribution in [1.82, 2.24) is 5.32 Å². The number of carbonyl (C=O) groups is 2. The number of nitrogens with zero attached hydrogens (tertiary/aromatic N) is 1. The second kappa shape index (κ2) is 10.3. The van der Waals surface area contributed by atoms with Gasteiger partial charge in [-0.1, -0.05) is 43.8 Å². The van der Waals surface area contributed by atoms with Gasteiger partial charge in [0.2, 0.25) is 11.8 Å². The molecule has 158 valence electrons. The van der Waals surface area contributed by atoms with Crippen molar-refractivity contribution >= 4 is 40.1 Å². The first kappa shape index (κ1) is 21.9. The van der Waals surface area contributed by atoms with Gasteiger partial charge in [0.25, 0.3) is 0 Å². The van der Waals surface area contributed by atoms with Crippen LogP contribution in [0.3, 0.4) is 0 Å². The van der Waals surface area contributed by atoms with Gasteiger partial charge < -0.3 is 15.4 Å². The molecule has 0 spiro atoms. The van der Waals surface area contributed by atoms with Gasteiger partial charge in [0.1, 0.15) is 11.0 Å². The Morgan fingerprint density at radius 2 is 1.97 bits per heavy atom. The fourth-order valence-corrected chi connectivity index (χ4v) is 4.07. The van der Waals surface area contributed by atoms with E-state index in [2.05, 4.69) is 22.5 Å². The summed E-state index contributed by atoms with van der Waals surface area (Å²) >= 11 is 1.30. The van der Waals surface area contributed by atoms with Crippen LogP contribution in [0.5, 0.6) is 5.75 Å². The molecule has 3 rings (SSSR count). The molecule has 0 bridgehead atoms. The quantitative estimate of drug-likeness (QED) is 0.648. The molecule has 0 saturated carbocycles. The monoisotopic (exact) mass is 425 g/mol. The van der Waals surface area contributed by atoms with Gasteiger partial charge in [-0.15, -0.1) is 0 Å². The Morgan fingerprint density at radius 1 is 1.20 bits per heavy atom. The Bertz CT molecular complexity index is 941. The summed E-state index contributed by atoms with van der Waals surface area (Å²) in [6, 6.07) is 13.3. The minimum atomic E-state index is -0.495. The van der Waals surface area contributed by atoms with E-state index in [4.69, 9.17) is 4.74 Å². The Morgan fingerprint density at radius 3 is 2.67 bits per heavy atom. The summed E-state index contributed by atoms with van der Waals surface area (Å²) in [5, 5.41) is 5.69. The number of benzene rings is 2. The Hall–Kier alpha value is -2.80. The SMILES string of the molecule is CCCOc1ccc(NC(=O)C[C@H]2SC(=Nc3c(C)cccc3CC)NC2=O)cc1. The zero-order chi connectivity index (χ0) is 21.5. The molecule has 7 heteroatoms. The Balaban J connectivity index is 1.60. The highest BCUT2D eigenvalue weighted by Crippen LogP contribution is 2.29. The summed E-state index contributed by atoms with van der Waals surface area (Å²) in [4.78, 5) is 29.4. The van der Waals surface area contributed by atoms with Crippen LogP contribution in [-0.2, 0) is 16.0 Å². The van der Waals surface area contributed by atoms with Crippen LogP contribution in [0.1, 0.15) is 37.8 Å². The molecule has 1 aliphatic heterocycles. The van der Waals surface area contributed by atoms with Crippen LogP contribution in [-0.4, -0.2) is 28.8 Å². The van der Waals surface area contributed by atoms with Crippen molar-refractivity contribution in [2.45, 2.75) is 45.3 Å². The number of ether oxygens (including phenoxy) is 1. The molecule has 30 heavy (non-hydrogen) atoms. The van der Waals surface area contributed by atoms with Gasteiger partial charge in [0.05, 0.1) is 12.3 Å². The molecule has 0 aliphatic carbocycles. The van der Waals surface area contributed by atoms with Crippen LogP contribution < -0.4 is 15.4 Å². The number of rotatable bonds is 8. The van der Waals surface area contributed by atoms with Crippen molar-refractivity contribution in [2.75, 3.05) is 11.9 Å². The van der Waals surface area contributed by atoms with E-state index in [1.54, 1.807) is 12.1 Å². The summed E-state index contributed by atoms with van der Waals surface area (Å²) < 4.78 is 5.54. The van der Waals surface area contributed by atoms with Crippen LogP contribution in [0, 0.1) is 6.92 Å². The van der Waals surface area contributed by atoms with Crippen molar-refractivity contribution in [1.29, 1.82) is 0 Å². The van der Waals surface area contributed by atoms with E-state index in [0.29, 0.717) is 17.5 Å². The van der Waals surface area contributed by atoms with Crippen molar-refractivity contribution < 1.29 is 14.3 Å². The molecular formula is C23H27N3O3S. The number of para-hydroxylation sites is 1. The first-order chi connectivity index (χ1) is 14.5. The Labute approximate surface area is 181 Å². The van der Waals surface area contributed by atoms with Gasteiger partial charge in [-0.25, -0.2) is 4.99 Å². The zero-order valence-corrected chi connectivity index (χ0v) is 18.3. The number of nitrogens with one attached hydrogen (secondary N) is 2. The average Bonchev–Trinajstić information content (AvgIpc) is 3.07. The summed E-state index contributed by atoms with van der Waals surface area (Å²) in [5.74, 6) is 0.365. The van der Waals surface area contributed by atoms with E-state index in [1.807, 2.05) is 44.2 Å². The van der Waals surface area contributed by atoms with Crippen molar-refractivity contribution in [2.24, 2.45) is 4.99 Å². The number of aliphatic imine (C=N–C) groups is 1. The number of amidine groups is 1. The standard InChI is InChI=1S/C23H27N3O3S/c1-4-13-29-18-11-9-17(10-12-18)24-20(27)14-19-22(28)26-23(30-19)25-21-15(3)7-6-8-16(21)5-2/h6-12,19H,4-5,13-14H2,1-3H3,(H,24,27)(H,25,26,28)/t19-/m1/s1. The average molecular weight is 426 g/mol. The van der Waals surface area contributed by atoms with Crippen LogP contribution in [0.15, 0.2) is 47.5 Å². The van der Waals surface area contributed by atoms with E-state index in [-0.39, 0.29) is 18.2 Å². The number of carbonyl (C=O) groups excluding carboxylic acids is 2. The number of thioether (sulfide) groups is 1. The molecule has 1 heterocycles. The van der Waals surface area contributed by atoms with E-state index < -0.39 is 5.25 Å². The van der Waals surface area contributed by atoms with Gasteiger partial charge in [-0.05, 0) is 55.2 Å². The number of amides is 2. The molecule has 1 aliphatic rings. The third kappa shape index (κ3) is 5.63. The lowest BCUT2D eigenvalue weighted by Crippen LogP contribution is -2.28. The highest BCUT2D eigenvalue weighted by molar-refractivity contribution is 8.15. The molecule has 2 N–H and O–H groups in total. The predicted octanol–water partition coefficient (Wildman–Crippen LogP) is 4.59. The topological polar surface area (TPSA) is 79.8 Å². The first-order valence-corrected chi connectivity index (χ1v) is 11.1. The molecule has 0 unspecified atom stereocenters. The molecule has 1 fully saturated rings. The second-order valence-electron chi connectivity index (χ2n) is 7.07. The fourth-order valence-electron chi connectivity index (χ4n) is 3.09. The third-order valence-corrected chi connectivity index (χ3v) is 5.76. The molecule has 1 saturated heterocycles. The van der Waals surface area contributed by atoms with E-state index in [0.717, 1.165) is 35.4 Å². The minimum Gasteiger partial charge on any atom is -0.494 e. The lowest BCUT2D eigenvalue weighted by molar-refractivity contribution is -0.122. The van der Waals surface area contributed by atoms with E-state index in [1.165, 1.54) is 11.8 Å². The molecular weight excluding hydrogens is 398 g/mol. The lowest BCUT2D eigenvalue weighted by Gasteiger charge is -2.09. The smallest absolute Gasteiger partial charge is 0.240 e. The molecule has 0 radical (unpaired) electrons. The molecule has 6 nitrogen and oxygen atoms in total. The van der Waals surface area contributed by atoms with E-state index in [9.17, 15) is 9.59 Å². The lowest BCUT2D eigenvalue weighted by atomic mass is 10.1. The van der Waals surface area contributed by atoms with Gasteiger partial charge >= 0.3 is 0 Å². The summed E-state index contributed by atoms with van der Waals surface area (Å²) in [5.41, 5.74) is 3.75. The summed E-state index contributed by atoms with van der Waals surface area (Å²) in [6.45, 7) is 6.79. The maximum absolute atomic E-state index is 12.4. The number of hydrogen-bond acceptors (Lipinski definition) is 5. The third-order valence-electron chi connectivity index (χ3n) is 4.67. The maximum atomic E-state index is 12.4. The van der Waals surface area contributed by atoms with Gasteiger partial charge in [0.15, 0.2) is 5.17 Å². The van der Waals surface area contributed by atoms with Crippen LogP contribution in [0.4, 0.5) is 11.4 Å². The van der Waals surface area contributed by atoms with Gasteiger partial charge in [-0.3, -0.25) is 9.59 Å². The summed E-state index contributed by atoms with van der Waals surface area (Å²) in [7, 11) is 0. The molecule has 2 aromatic carbocycles. The van der Waals surface area contributed by atoms with Gasteiger partial charge in [-0.2, -0.15) is 0 Å². The molecule has 0 aromatic heterocycles. The molecule has 2 amide bonds. The van der Waals surface area contributed by atoms with Crippen LogP contribution in [0.2, 0.25) is 0 Å². The van der Waals surface area contributed by atoms with Crippen molar-refractivity contribution in [3.63, 3.8) is 0 Å². The largest absolute Gasteiger partial charge is 0.494 e. The minimum absolute atomic E-state index is 0.0814. The van der Waals surface area contributed by atoms with Crippen molar-refractivity contribution in [3.8, 4) is 5.75 Å². The maximum Gasteiger partial charge on any atom is 0.240 e. The second-order valence-corrected chi connectivity index (χ2v) is 8.27. The number of hydrogen-bond donors (Lipinski definition) is 2. The normalized spacial score (nSPS) is 17.1. The van der Waals surface area contributed by atoms with Crippen LogP contribution >= 0.6 is 11.8 Å². The van der Waals surface area contributed by atoms with Crippen LogP contribution in [0.25, 0.3) is 0 Å². The zero-order valence-electron chi connectivity index (χ0n) is 17.5. The summed E-state index contributed by atoms with van der Waals surface area (Å²) in [6.07, 6.45) is 1.88. The number of aryl methyl sites for hydroxylation is 2. The fraction of sp³-hybridized carbons (Fsp3) is 0.348. The predicted molar refractivity (Wildman–Crippen MR) is 123 cm³/mol. The van der Waals surface area contributed by atoms with E-state index >= 15 is 0 Å². The van der Waals surface area contributed by atoms with Crippen molar-refractivity contribution in [3.05, 3.63) is 53.6 Å². The Kier molecular flexibility index (Phi) is 7.52. The van der Waals surface area contributed by atoms with Gasteiger partial charge in [0, 0.05) is 12.1 Å².